The molecule has 1 fully saturated rings. The second-order valence-corrected chi connectivity index (χ2v) is 8.42. The van der Waals surface area contributed by atoms with Gasteiger partial charge >= 0.3 is 0 Å². The Morgan fingerprint density at radius 1 is 1.00 bits per heavy atom. The zero-order chi connectivity index (χ0) is 23.2. The Bertz CT molecular complexity index is 1110. The zero-order valence-electron chi connectivity index (χ0n) is 18.4. The largest absolute Gasteiger partial charge is 0.456 e. The summed E-state index contributed by atoms with van der Waals surface area (Å²) in [6, 6.07) is 22.4. The lowest BCUT2D eigenvalue weighted by atomic mass is 10.1. The van der Waals surface area contributed by atoms with Gasteiger partial charge in [-0.2, -0.15) is 0 Å². The van der Waals surface area contributed by atoms with Crippen molar-refractivity contribution in [2.24, 2.45) is 0 Å². The van der Waals surface area contributed by atoms with Crippen LogP contribution in [0.15, 0.2) is 72.8 Å². The molecule has 1 aliphatic rings. The van der Waals surface area contributed by atoms with E-state index in [4.69, 9.17) is 16.3 Å². The average molecular weight is 464 g/mol. The van der Waals surface area contributed by atoms with Crippen LogP contribution in [0.3, 0.4) is 0 Å². The molecule has 6 nitrogen and oxygen atoms in total. The summed E-state index contributed by atoms with van der Waals surface area (Å²) < 4.78 is 5.79. The number of halogens is 1. The number of para-hydroxylation sites is 1. The Hall–Kier alpha value is -3.35. The molecule has 0 spiro atoms. The Morgan fingerprint density at radius 2 is 1.70 bits per heavy atom. The number of anilines is 1. The fourth-order valence-corrected chi connectivity index (χ4v) is 3.71. The van der Waals surface area contributed by atoms with Gasteiger partial charge in [0.05, 0.1) is 11.6 Å². The molecule has 1 saturated carbocycles. The number of carbonyl (C=O) groups excluding carboxylic acids is 2. The van der Waals surface area contributed by atoms with E-state index in [9.17, 15) is 9.59 Å². The summed E-state index contributed by atoms with van der Waals surface area (Å²) in [6.07, 6.45) is 2.19. The third-order valence-electron chi connectivity index (χ3n) is 5.44. The predicted molar refractivity (Wildman–Crippen MR) is 130 cm³/mol. The molecule has 2 N–H and O–H groups in total. The second kappa shape index (κ2) is 10.5. The van der Waals surface area contributed by atoms with Gasteiger partial charge in [-0.15, -0.1) is 0 Å². The lowest BCUT2D eigenvalue weighted by Gasteiger charge is -2.21. The highest BCUT2D eigenvalue weighted by molar-refractivity contribution is 6.32. The summed E-state index contributed by atoms with van der Waals surface area (Å²) in [4.78, 5) is 26.6. The maximum absolute atomic E-state index is 12.7. The quantitative estimate of drug-likeness (QED) is 0.463. The van der Waals surface area contributed by atoms with Gasteiger partial charge in [-0.3, -0.25) is 14.5 Å². The predicted octanol–water partition coefficient (Wildman–Crippen LogP) is 5.10. The van der Waals surface area contributed by atoms with Crippen LogP contribution in [0.4, 0.5) is 5.69 Å². The van der Waals surface area contributed by atoms with Gasteiger partial charge in [0.15, 0.2) is 0 Å². The molecule has 3 aromatic carbocycles. The fourth-order valence-electron chi connectivity index (χ4n) is 3.54. The van der Waals surface area contributed by atoms with Crippen LogP contribution >= 0.6 is 11.6 Å². The van der Waals surface area contributed by atoms with E-state index in [1.165, 1.54) is 0 Å². The number of hydrogen-bond acceptors (Lipinski definition) is 4. The number of carbonyl (C=O) groups is 2. The van der Waals surface area contributed by atoms with Gasteiger partial charge in [0.25, 0.3) is 5.91 Å². The van der Waals surface area contributed by atoms with Crippen LogP contribution in [0.25, 0.3) is 0 Å². The fraction of sp³-hybridized carbons (Fsp3) is 0.231. The van der Waals surface area contributed by atoms with Crippen LogP contribution < -0.4 is 15.4 Å². The summed E-state index contributed by atoms with van der Waals surface area (Å²) in [5.74, 6) is 1.05. The number of nitrogens with one attached hydrogen (secondary N) is 2. The topological polar surface area (TPSA) is 70.7 Å². The van der Waals surface area contributed by atoms with Crippen LogP contribution in [-0.2, 0) is 11.3 Å². The van der Waals surface area contributed by atoms with E-state index >= 15 is 0 Å². The lowest BCUT2D eigenvalue weighted by Crippen LogP contribution is -2.34. The molecule has 0 saturated heterocycles. The smallest absolute Gasteiger partial charge is 0.251 e. The lowest BCUT2D eigenvalue weighted by molar-refractivity contribution is -0.117. The number of rotatable bonds is 9. The summed E-state index contributed by atoms with van der Waals surface area (Å²) in [5.41, 5.74) is 2.40. The first kappa shape index (κ1) is 22.8. The van der Waals surface area contributed by atoms with Gasteiger partial charge in [-0.05, 0) is 66.9 Å². The summed E-state index contributed by atoms with van der Waals surface area (Å²) in [6.45, 7) is 0.969. The highest BCUT2D eigenvalue weighted by Crippen LogP contribution is 2.30. The monoisotopic (exact) mass is 463 g/mol. The van der Waals surface area contributed by atoms with Crippen LogP contribution in [0.2, 0.25) is 5.02 Å². The standard InChI is InChI=1S/C26H26ClN3O3/c1-28-26(32)19-8-6-18(7-9-19)16-30(21-12-13-21)17-25(31)29-20-10-14-22(15-11-20)33-24-5-3-2-4-23(24)27/h2-11,14-15,21H,12-13,16-17H2,1H3,(H,28,32)(H,29,31). The first-order valence-corrected chi connectivity index (χ1v) is 11.3. The minimum Gasteiger partial charge on any atom is -0.456 e. The maximum atomic E-state index is 12.7. The van der Waals surface area contributed by atoms with Gasteiger partial charge in [-0.1, -0.05) is 35.9 Å². The van der Waals surface area contributed by atoms with E-state index in [1.807, 2.05) is 48.5 Å². The molecular formula is C26H26ClN3O3. The normalized spacial score (nSPS) is 12.9. The number of benzene rings is 3. The molecule has 3 aromatic rings. The molecular weight excluding hydrogens is 438 g/mol. The van der Waals surface area contributed by atoms with Gasteiger partial charge in [0.1, 0.15) is 11.5 Å². The average Bonchev–Trinajstić information content (AvgIpc) is 3.67. The van der Waals surface area contributed by atoms with Crippen molar-refractivity contribution in [2.45, 2.75) is 25.4 Å². The van der Waals surface area contributed by atoms with Gasteiger partial charge in [0.2, 0.25) is 5.91 Å². The van der Waals surface area contributed by atoms with Crippen molar-refractivity contribution in [1.82, 2.24) is 10.2 Å². The van der Waals surface area contributed by atoms with E-state index in [2.05, 4.69) is 15.5 Å². The van der Waals surface area contributed by atoms with Crippen molar-refractivity contribution in [3.05, 3.63) is 88.9 Å². The molecule has 0 radical (unpaired) electrons. The third kappa shape index (κ3) is 6.34. The molecule has 0 unspecified atom stereocenters. The summed E-state index contributed by atoms with van der Waals surface area (Å²) >= 11 is 6.14. The highest BCUT2D eigenvalue weighted by atomic mass is 35.5. The van der Waals surface area contributed by atoms with Crippen LogP contribution in [0.5, 0.6) is 11.5 Å². The van der Waals surface area contributed by atoms with E-state index in [0.717, 1.165) is 18.4 Å². The minimum absolute atomic E-state index is 0.0661. The first-order chi connectivity index (χ1) is 16.0. The van der Waals surface area contributed by atoms with Crippen molar-refractivity contribution in [1.29, 1.82) is 0 Å². The SMILES string of the molecule is CNC(=O)c1ccc(CN(CC(=O)Nc2ccc(Oc3ccccc3Cl)cc2)C2CC2)cc1. The number of amides is 2. The van der Waals surface area contributed by atoms with Gasteiger partial charge in [-0.25, -0.2) is 0 Å². The first-order valence-electron chi connectivity index (χ1n) is 10.9. The van der Waals surface area contributed by atoms with Crippen molar-refractivity contribution < 1.29 is 14.3 Å². The molecule has 170 valence electrons. The minimum atomic E-state index is -0.108. The molecule has 4 rings (SSSR count). The van der Waals surface area contributed by atoms with Gasteiger partial charge < -0.3 is 15.4 Å². The van der Waals surface area contributed by atoms with Crippen molar-refractivity contribution in [2.75, 3.05) is 18.9 Å². The number of hydrogen-bond donors (Lipinski definition) is 2. The molecule has 33 heavy (non-hydrogen) atoms. The summed E-state index contributed by atoms with van der Waals surface area (Å²) in [7, 11) is 1.61. The molecule has 0 aliphatic heterocycles. The molecule has 0 atom stereocenters. The van der Waals surface area contributed by atoms with E-state index in [-0.39, 0.29) is 11.8 Å². The molecule has 2 amide bonds. The van der Waals surface area contributed by atoms with Crippen molar-refractivity contribution in [3.63, 3.8) is 0 Å². The Balaban J connectivity index is 1.33. The Labute approximate surface area is 198 Å². The van der Waals surface area contributed by atoms with Crippen LogP contribution in [-0.4, -0.2) is 36.3 Å². The second-order valence-electron chi connectivity index (χ2n) is 8.02. The number of nitrogens with zero attached hydrogens (tertiary/aromatic N) is 1. The van der Waals surface area contributed by atoms with Gasteiger partial charge in [0, 0.05) is 30.9 Å². The van der Waals surface area contributed by atoms with Crippen molar-refractivity contribution >= 4 is 29.1 Å². The van der Waals surface area contributed by atoms with E-state index in [0.29, 0.717) is 46.9 Å². The molecule has 0 aromatic heterocycles. The Morgan fingerprint density at radius 3 is 2.33 bits per heavy atom. The molecule has 7 heteroatoms. The van der Waals surface area contributed by atoms with E-state index < -0.39 is 0 Å². The Kier molecular flexibility index (Phi) is 7.27. The highest BCUT2D eigenvalue weighted by Gasteiger charge is 2.30. The maximum Gasteiger partial charge on any atom is 0.251 e. The molecule has 1 aliphatic carbocycles. The zero-order valence-corrected chi connectivity index (χ0v) is 19.1. The van der Waals surface area contributed by atoms with Crippen LogP contribution in [0, 0.1) is 0 Å². The third-order valence-corrected chi connectivity index (χ3v) is 5.75. The van der Waals surface area contributed by atoms with Crippen molar-refractivity contribution in [3.8, 4) is 11.5 Å². The van der Waals surface area contributed by atoms with Crippen LogP contribution in [0.1, 0.15) is 28.8 Å². The molecule has 0 bridgehead atoms. The number of ether oxygens (including phenoxy) is 1. The molecule has 0 heterocycles. The summed E-state index contributed by atoms with van der Waals surface area (Å²) in [5, 5.41) is 6.12. The van der Waals surface area contributed by atoms with E-state index in [1.54, 1.807) is 31.3 Å².